The Morgan fingerprint density at radius 2 is 1.78 bits per heavy atom. The number of aromatic amines is 1. The number of amides is 1. The summed E-state index contributed by atoms with van der Waals surface area (Å²) >= 11 is 0. The maximum Gasteiger partial charge on any atom is 0.256 e. The highest BCUT2D eigenvalue weighted by molar-refractivity contribution is 5.79. The van der Waals surface area contributed by atoms with Gasteiger partial charge in [0.05, 0.1) is 24.2 Å². The molecule has 0 atom stereocenters. The van der Waals surface area contributed by atoms with Crippen LogP contribution in [0.4, 0.5) is 0 Å². The first kappa shape index (κ1) is 17.2. The number of nitrogens with one attached hydrogen (secondary N) is 1. The van der Waals surface area contributed by atoms with Crippen LogP contribution in [0, 0.1) is 6.92 Å². The van der Waals surface area contributed by atoms with E-state index in [1.54, 1.807) is 11.8 Å². The largest absolute Gasteiger partial charge is 0.337 e. The number of rotatable bonds is 3. The molecule has 27 heavy (non-hydrogen) atoms. The second-order valence-corrected chi connectivity index (χ2v) is 6.88. The monoisotopic (exact) mass is 359 g/mol. The molecule has 3 aromatic rings. The molecule has 0 saturated heterocycles. The second kappa shape index (κ2) is 7.19. The summed E-state index contributed by atoms with van der Waals surface area (Å²) in [4.78, 5) is 33.7. The summed E-state index contributed by atoms with van der Waals surface area (Å²) in [6, 6.07) is 18.2. The van der Waals surface area contributed by atoms with Gasteiger partial charge in [0.15, 0.2) is 0 Å². The van der Waals surface area contributed by atoms with E-state index in [0.717, 1.165) is 22.4 Å². The van der Waals surface area contributed by atoms with Crippen molar-refractivity contribution >= 4 is 5.91 Å². The van der Waals surface area contributed by atoms with Crippen molar-refractivity contribution in [2.45, 2.75) is 26.3 Å². The number of nitrogens with zero attached hydrogens (tertiary/aromatic N) is 2. The highest BCUT2D eigenvalue weighted by Gasteiger charge is 2.24. The van der Waals surface area contributed by atoms with E-state index >= 15 is 0 Å². The van der Waals surface area contributed by atoms with Crippen LogP contribution in [0.2, 0.25) is 0 Å². The molecule has 136 valence electrons. The van der Waals surface area contributed by atoms with E-state index in [-0.39, 0.29) is 11.5 Å². The number of carbonyl (C=O) groups excluding carboxylic acids is 1. The van der Waals surface area contributed by atoms with Crippen LogP contribution in [0.25, 0.3) is 11.1 Å². The summed E-state index contributed by atoms with van der Waals surface area (Å²) in [6.07, 6.45) is 0.959. The molecule has 0 saturated carbocycles. The quantitative estimate of drug-likeness (QED) is 0.782. The average molecular weight is 359 g/mol. The molecule has 1 N–H and O–H groups in total. The summed E-state index contributed by atoms with van der Waals surface area (Å²) in [5.41, 5.74) is 4.55. The Morgan fingerprint density at radius 3 is 2.52 bits per heavy atom. The van der Waals surface area contributed by atoms with Gasteiger partial charge in [-0.25, -0.2) is 4.98 Å². The molecule has 1 aromatic heterocycles. The smallest absolute Gasteiger partial charge is 0.256 e. The lowest BCUT2D eigenvalue weighted by molar-refractivity contribution is -0.131. The van der Waals surface area contributed by atoms with Crippen molar-refractivity contribution in [3.8, 4) is 11.1 Å². The Balaban J connectivity index is 1.46. The predicted molar refractivity (Wildman–Crippen MR) is 104 cm³/mol. The molecule has 2 heterocycles. The molecule has 5 heteroatoms. The fourth-order valence-electron chi connectivity index (χ4n) is 3.49. The molecule has 1 amide bonds. The Labute approximate surface area is 157 Å². The number of hydrogen-bond acceptors (Lipinski definition) is 3. The van der Waals surface area contributed by atoms with Gasteiger partial charge in [-0.2, -0.15) is 0 Å². The molecule has 2 aromatic carbocycles. The molecule has 0 aliphatic carbocycles. The van der Waals surface area contributed by atoms with E-state index in [1.807, 2.05) is 42.5 Å². The molecular formula is C22H21N3O2. The minimum atomic E-state index is -0.137. The van der Waals surface area contributed by atoms with Crippen molar-refractivity contribution in [1.29, 1.82) is 0 Å². The lowest BCUT2D eigenvalue weighted by atomic mass is 10.0. The van der Waals surface area contributed by atoms with Gasteiger partial charge in [-0.1, -0.05) is 54.6 Å². The highest BCUT2D eigenvalue weighted by Crippen LogP contribution is 2.20. The van der Waals surface area contributed by atoms with Gasteiger partial charge in [-0.15, -0.1) is 0 Å². The van der Waals surface area contributed by atoms with Crippen molar-refractivity contribution in [3.63, 3.8) is 0 Å². The Bertz CT molecular complexity index is 1020. The molecular weight excluding hydrogens is 338 g/mol. The number of aromatic nitrogens is 2. The number of aryl methyl sites for hydroxylation is 1. The summed E-state index contributed by atoms with van der Waals surface area (Å²) in [5.74, 6) is 0.658. The van der Waals surface area contributed by atoms with E-state index in [2.05, 4.69) is 22.1 Å². The minimum Gasteiger partial charge on any atom is -0.337 e. The number of carbonyl (C=O) groups is 1. The number of fused-ring (bicyclic) bond motifs is 1. The second-order valence-electron chi connectivity index (χ2n) is 6.88. The highest BCUT2D eigenvalue weighted by atomic mass is 16.2. The molecule has 1 aliphatic heterocycles. The van der Waals surface area contributed by atoms with Crippen LogP contribution in [0.3, 0.4) is 0 Å². The van der Waals surface area contributed by atoms with Gasteiger partial charge in [-0.3, -0.25) is 9.59 Å². The first-order chi connectivity index (χ1) is 13.1. The zero-order valence-corrected chi connectivity index (χ0v) is 15.2. The van der Waals surface area contributed by atoms with Gasteiger partial charge in [0, 0.05) is 13.0 Å². The Kier molecular flexibility index (Phi) is 4.59. The number of hydrogen-bond donors (Lipinski definition) is 1. The van der Waals surface area contributed by atoms with Crippen LogP contribution >= 0.6 is 0 Å². The third-order valence-electron chi connectivity index (χ3n) is 4.96. The molecule has 1 aliphatic rings. The van der Waals surface area contributed by atoms with Crippen molar-refractivity contribution in [2.24, 2.45) is 0 Å². The van der Waals surface area contributed by atoms with Crippen LogP contribution < -0.4 is 5.56 Å². The van der Waals surface area contributed by atoms with Crippen molar-refractivity contribution in [2.75, 3.05) is 6.54 Å². The molecule has 0 bridgehead atoms. The van der Waals surface area contributed by atoms with Crippen molar-refractivity contribution in [3.05, 3.63) is 87.6 Å². The van der Waals surface area contributed by atoms with Crippen molar-refractivity contribution < 1.29 is 4.79 Å². The van der Waals surface area contributed by atoms with Gasteiger partial charge < -0.3 is 9.88 Å². The standard InChI is InChI=1S/C22H21N3O2/c1-15-23-20-11-12-25(14-19(20)22(27)24-15)21(26)13-16-7-9-18(10-8-16)17-5-3-2-4-6-17/h2-10H,11-14H2,1H3,(H,23,24,27). The molecule has 0 spiro atoms. The zero-order valence-electron chi connectivity index (χ0n) is 15.2. The van der Waals surface area contributed by atoms with Crippen LogP contribution in [0.1, 0.15) is 22.6 Å². The molecule has 4 rings (SSSR count). The normalized spacial score (nSPS) is 13.3. The van der Waals surface area contributed by atoms with Gasteiger partial charge >= 0.3 is 0 Å². The molecule has 0 fully saturated rings. The topological polar surface area (TPSA) is 66.1 Å². The third-order valence-corrected chi connectivity index (χ3v) is 4.96. The summed E-state index contributed by atoms with van der Waals surface area (Å²) in [6.45, 7) is 2.71. The maximum atomic E-state index is 12.7. The summed E-state index contributed by atoms with van der Waals surface area (Å²) in [5, 5.41) is 0. The first-order valence-corrected chi connectivity index (χ1v) is 9.11. The molecule has 5 nitrogen and oxygen atoms in total. The first-order valence-electron chi connectivity index (χ1n) is 9.11. The minimum absolute atomic E-state index is 0.0353. The van der Waals surface area contributed by atoms with Crippen molar-refractivity contribution in [1.82, 2.24) is 14.9 Å². The number of H-pyrrole nitrogens is 1. The van der Waals surface area contributed by atoms with Crippen LogP contribution in [-0.2, 0) is 24.2 Å². The molecule has 0 radical (unpaired) electrons. The van der Waals surface area contributed by atoms with Crippen LogP contribution in [0.5, 0.6) is 0 Å². The fraction of sp³-hybridized carbons (Fsp3) is 0.227. The van der Waals surface area contributed by atoms with E-state index < -0.39 is 0 Å². The maximum absolute atomic E-state index is 12.7. The van der Waals surface area contributed by atoms with Gasteiger partial charge in [0.25, 0.3) is 5.56 Å². The summed E-state index contributed by atoms with van der Waals surface area (Å²) < 4.78 is 0. The lowest BCUT2D eigenvalue weighted by Gasteiger charge is -2.28. The van der Waals surface area contributed by atoms with E-state index in [0.29, 0.717) is 37.3 Å². The lowest BCUT2D eigenvalue weighted by Crippen LogP contribution is -2.40. The fourth-order valence-corrected chi connectivity index (χ4v) is 3.49. The Morgan fingerprint density at radius 1 is 1.07 bits per heavy atom. The zero-order chi connectivity index (χ0) is 18.8. The Hall–Kier alpha value is -3.21. The van der Waals surface area contributed by atoms with E-state index in [4.69, 9.17) is 0 Å². The van der Waals surface area contributed by atoms with Gasteiger partial charge in [0.1, 0.15) is 5.82 Å². The number of benzene rings is 2. The van der Waals surface area contributed by atoms with Gasteiger partial charge in [-0.05, 0) is 23.6 Å². The third kappa shape index (κ3) is 3.67. The molecule has 0 unspecified atom stereocenters. The predicted octanol–water partition coefficient (Wildman–Crippen LogP) is 2.87. The van der Waals surface area contributed by atoms with E-state index in [1.165, 1.54) is 0 Å². The van der Waals surface area contributed by atoms with E-state index in [9.17, 15) is 9.59 Å². The SMILES string of the molecule is Cc1nc2c(c(=O)[nH]1)CN(C(=O)Cc1ccc(-c3ccccc3)cc1)CC2. The van der Waals surface area contributed by atoms with Crippen LogP contribution in [-0.4, -0.2) is 27.3 Å². The van der Waals surface area contributed by atoms with Crippen LogP contribution in [0.15, 0.2) is 59.4 Å². The summed E-state index contributed by atoms with van der Waals surface area (Å²) in [7, 11) is 0. The average Bonchev–Trinajstić information content (AvgIpc) is 2.69. The van der Waals surface area contributed by atoms with Gasteiger partial charge in [0.2, 0.25) is 5.91 Å².